The maximum absolute atomic E-state index is 14.4. The first kappa shape index (κ1) is 29.4. The summed E-state index contributed by atoms with van der Waals surface area (Å²) >= 11 is 0. The van der Waals surface area contributed by atoms with Gasteiger partial charge >= 0.3 is 0 Å². The average molecular weight is 538 g/mol. The van der Waals surface area contributed by atoms with Gasteiger partial charge in [-0.05, 0) is 19.1 Å². The molecule has 0 bridgehead atoms. The lowest BCUT2D eigenvalue weighted by Crippen LogP contribution is -2.36. The number of halogens is 5. The second-order valence-corrected chi connectivity index (χ2v) is 9.72. The van der Waals surface area contributed by atoms with E-state index in [9.17, 15) is 30.4 Å². The van der Waals surface area contributed by atoms with Gasteiger partial charge in [0.15, 0.2) is 0 Å². The number of primary sulfonamides is 1. The van der Waals surface area contributed by atoms with Gasteiger partial charge in [0.1, 0.15) is 35.5 Å². The molecule has 0 radical (unpaired) electrons. The van der Waals surface area contributed by atoms with E-state index in [1.807, 2.05) is 13.8 Å². The highest BCUT2D eigenvalue weighted by Crippen LogP contribution is 2.41. The molecule has 36 heavy (non-hydrogen) atoms. The highest BCUT2D eigenvalue weighted by molar-refractivity contribution is 7.88. The van der Waals surface area contributed by atoms with Crippen molar-refractivity contribution in [1.82, 2.24) is 14.9 Å². The summed E-state index contributed by atoms with van der Waals surface area (Å²) in [6, 6.07) is 3.30. The quantitative estimate of drug-likeness (QED) is 0.595. The lowest BCUT2D eigenvalue weighted by Gasteiger charge is -2.25. The first-order chi connectivity index (χ1) is 16.7. The first-order valence-electron chi connectivity index (χ1n) is 10.9. The standard InChI is InChI=1S/C19H17F5N4O.C2H6.CH5NO2S/c1-11-8-25-17(16(26-11)15-12(21)3-2-4-13(15)22)18(9-20)7-14(27-29-18)28-6-5-19(23,24)10-28;1-2;1-5(2,3)4/h2-4,8H,5-7,9-10H2,1H3;1-2H3;1H3,(H2,2,3,4). The van der Waals surface area contributed by atoms with Gasteiger partial charge in [-0.1, -0.05) is 25.1 Å². The maximum Gasteiger partial charge on any atom is 0.266 e. The van der Waals surface area contributed by atoms with Gasteiger partial charge in [0.25, 0.3) is 5.92 Å². The minimum atomic E-state index is -3.17. The zero-order valence-electron chi connectivity index (χ0n) is 20.2. The van der Waals surface area contributed by atoms with Crippen molar-refractivity contribution in [1.29, 1.82) is 0 Å². The Morgan fingerprint density at radius 2 is 1.78 bits per heavy atom. The summed E-state index contributed by atoms with van der Waals surface area (Å²) in [6.45, 7) is 3.94. The van der Waals surface area contributed by atoms with Crippen LogP contribution < -0.4 is 5.14 Å². The molecule has 0 saturated carbocycles. The molecule has 0 aliphatic carbocycles. The number of benzene rings is 1. The summed E-state index contributed by atoms with van der Waals surface area (Å²) in [5.41, 5.74) is -2.26. The van der Waals surface area contributed by atoms with Crippen LogP contribution in [0.15, 0.2) is 29.6 Å². The summed E-state index contributed by atoms with van der Waals surface area (Å²) in [7, 11) is -3.17. The van der Waals surface area contributed by atoms with Crippen molar-refractivity contribution < 1.29 is 35.2 Å². The van der Waals surface area contributed by atoms with Crippen LogP contribution in [0.25, 0.3) is 11.3 Å². The number of aromatic nitrogens is 2. The fourth-order valence-corrected chi connectivity index (χ4v) is 3.56. The van der Waals surface area contributed by atoms with E-state index >= 15 is 0 Å². The molecule has 1 atom stereocenters. The van der Waals surface area contributed by atoms with Crippen molar-refractivity contribution in [3.8, 4) is 11.3 Å². The van der Waals surface area contributed by atoms with Gasteiger partial charge in [-0.3, -0.25) is 4.98 Å². The molecule has 1 aromatic carbocycles. The smallest absolute Gasteiger partial charge is 0.266 e. The van der Waals surface area contributed by atoms with Crippen molar-refractivity contribution in [2.75, 3.05) is 26.0 Å². The Bertz CT molecular complexity index is 1180. The Hall–Kier alpha value is -2.87. The lowest BCUT2D eigenvalue weighted by molar-refractivity contribution is -0.0437. The van der Waals surface area contributed by atoms with Crippen LogP contribution in [-0.2, 0) is 20.5 Å². The van der Waals surface area contributed by atoms with Gasteiger partial charge in [0.05, 0.1) is 30.5 Å². The van der Waals surface area contributed by atoms with Crippen molar-refractivity contribution in [3.05, 3.63) is 47.4 Å². The predicted molar refractivity (Wildman–Crippen MR) is 124 cm³/mol. The molecule has 0 spiro atoms. The third kappa shape index (κ3) is 7.09. The van der Waals surface area contributed by atoms with Crippen molar-refractivity contribution in [3.63, 3.8) is 0 Å². The lowest BCUT2D eigenvalue weighted by atomic mass is 9.91. The van der Waals surface area contributed by atoms with E-state index in [1.54, 1.807) is 6.92 Å². The van der Waals surface area contributed by atoms with E-state index in [4.69, 9.17) is 4.84 Å². The van der Waals surface area contributed by atoms with E-state index in [0.29, 0.717) is 5.69 Å². The van der Waals surface area contributed by atoms with Crippen LogP contribution in [0, 0.1) is 18.6 Å². The van der Waals surface area contributed by atoms with Gasteiger partial charge in [-0.15, -0.1) is 0 Å². The number of nitrogens with zero attached hydrogens (tertiary/aromatic N) is 4. The number of hydrogen-bond acceptors (Lipinski definition) is 7. The van der Waals surface area contributed by atoms with E-state index in [1.165, 1.54) is 17.2 Å². The molecule has 2 aliphatic rings. The van der Waals surface area contributed by atoms with Crippen molar-refractivity contribution in [2.45, 2.75) is 45.1 Å². The molecule has 2 aromatic rings. The highest BCUT2D eigenvalue weighted by atomic mass is 32.2. The number of rotatable bonds is 3. The monoisotopic (exact) mass is 537 g/mol. The van der Waals surface area contributed by atoms with Crippen molar-refractivity contribution >= 4 is 15.9 Å². The number of likely N-dealkylation sites (tertiary alicyclic amines) is 1. The van der Waals surface area contributed by atoms with Gasteiger partial charge in [-0.2, -0.15) is 0 Å². The van der Waals surface area contributed by atoms with Crippen LogP contribution in [-0.4, -0.2) is 61.1 Å². The Morgan fingerprint density at radius 1 is 1.19 bits per heavy atom. The summed E-state index contributed by atoms with van der Waals surface area (Å²) in [5, 5.41) is 8.13. The summed E-state index contributed by atoms with van der Waals surface area (Å²) in [5.74, 6) is -4.51. The number of oxime groups is 1. The number of sulfonamides is 1. The third-order valence-corrected chi connectivity index (χ3v) is 5.04. The minimum Gasteiger partial charge on any atom is -0.378 e. The van der Waals surface area contributed by atoms with E-state index in [0.717, 1.165) is 18.4 Å². The fourth-order valence-electron chi connectivity index (χ4n) is 3.56. The molecule has 14 heteroatoms. The average Bonchev–Trinajstić information content (AvgIpc) is 3.38. The molecule has 2 N–H and O–H groups in total. The van der Waals surface area contributed by atoms with Gasteiger partial charge in [0.2, 0.25) is 15.6 Å². The zero-order chi connectivity index (χ0) is 27.3. The topological polar surface area (TPSA) is 111 Å². The SMILES string of the molecule is CC.CS(N)(=O)=O.Cc1cnc(C2(CF)CC(N3CCC(F)(F)C3)=NO2)c(-c2c(F)cccc2F)n1. The zero-order valence-corrected chi connectivity index (χ0v) is 21.1. The first-order valence-corrected chi connectivity index (χ1v) is 12.9. The molecule has 4 rings (SSSR count). The maximum atomic E-state index is 14.4. The number of hydrogen-bond donors (Lipinski definition) is 1. The number of amidine groups is 1. The number of aryl methyl sites for hydroxylation is 1. The second-order valence-electron chi connectivity index (χ2n) is 8.07. The molecule has 3 heterocycles. The van der Waals surface area contributed by atoms with E-state index in [-0.39, 0.29) is 36.6 Å². The predicted octanol–water partition coefficient (Wildman–Crippen LogP) is 3.90. The summed E-state index contributed by atoms with van der Waals surface area (Å²) in [6.07, 6.45) is 1.71. The van der Waals surface area contributed by atoms with Gasteiger partial charge in [0, 0.05) is 19.2 Å². The molecule has 1 unspecified atom stereocenters. The second kappa shape index (κ2) is 11.5. The molecule has 1 aromatic heterocycles. The number of nitrogens with two attached hydrogens (primary N) is 1. The number of alkyl halides is 3. The fraction of sp³-hybridized carbons (Fsp3) is 0.500. The Morgan fingerprint density at radius 3 is 2.28 bits per heavy atom. The van der Waals surface area contributed by atoms with Crippen LogP contribution in [0.5, 0.6) is 0 Å². The molecule has 0 amide bonds. The highest BCUT2D eigenvalue weighted by Gasteiger charge is 2.49. The molecule has 1 saturated heterocycles. The van der Waals surface area contributed by atoms with Crippen LogP contribution in [0.4, 0.5) is 22.0 Å². The van der Waals surface area contributed by atoms with Crippen LogP contribution in [0.3, 0.4) is 0 Å². The van der Waals surface area contributed by atoms with Gasteiger partial charge in [-0.25, -0.2) is 40.5 Å². The molecule has 1 fully saturated rings. The largest absolute Gasteiger partial charge is 0.378 e. The molecule has 2 aliphatic heterocycles. The third-order valence-electron chi connectivity index (χ3n) is 5.04. The van der Waals surface area contributed by atoms with Crippen LogP contribution in [0.2, 0.25) is 0 Å². The Labute approximate surface area is 206 Å². The Kier molecular flexibility index (Phi) is 9.34. The summed E-state index contributed by atoms with van der Waals surface area (Å²) < 4.78 is 89.0. The minimum absolute atomic E-state index is 0.0476. The van der Waals surface area contributed by atoms with Crippen molar-refractivity contribution in [2.24, 2.45) is 10.3 Å². The Balaban J connectivity index is 0.000000583. The molecule has 200 valence electrons. The van der Waals surface area contributed by atoms with E-state index < -0.39 is 52.0 Å². The van der Waals surface area contributed by atoms with Gasteiger partial charge < -0.3 is 9.74 Å². The molecule has 8 nitrogen and oxygen atoms in total. The van der Waals surface area contributed by atoms with Crippen LogP contribution >= 0.6 is 0 Å². The van der Waals surface area contributed by atoms with E-state index in [2.05, 4.69) is 20.3 Å². The molecular weight excluding hydrogens is 509 g/mol. The van der Waals surface area contributed by atoms with Crippen LogP contribution in [0.1, 0.15) is 38.1 Å². The summed E-state index contributed by atoms with van der Waals surface area (Å²) in [4.78, 5) is 15.0. The molecular formula is C22H28F5N5O3S. The normalized spacial score (nSPS) is 20.5.